The van der Waals surface area contributed by atoms with Gasteiger partial charge in [-0.3, -0.25) is 4.90 Å². The number of hydrogen-bond donors (Lipinski definition) is 1. The molecule has 0 radical (unpaired) electrons. The van der Waals surface area contributed by atoms with Gasteiger partial charge in [-0.2, -0.15) is 0 Å². The third-order valence-electron chi connectivity index (χ3n) is 4.57. The highest BCUT2D eigenvalue weighted by Crippen LogP contribution is 2.24. The molecule has 1 aromatic heterocycles. The number of hydrogen-bond acceptors (Lipinski definition) is 4. The molecule has 0 aromatic carbocycles. The van der Waals surface area contributed by atoms with Crippen LogP contribution < -0.4 is 10.2 Å². The summed E-state index contributed by atoms with van der Waals surface area (Å²) in [4.78, 5) is 9.44. The Hall–Kier alpha value is -0.840. The van der Waals surface area contributed by atoms with E-state index in [1.54, 1.807) is 6.20 Å². The van der Waals surface area contributed by atoms with Crippen LogP contribution >= 0.6 is 11.6 Å². The van der Waals surface area contributed by atoms with E-state index in [9.17, 15) is 0 Å². The van der Waals surface area contributed by atoms with Crippen LogP contribution in [0.5, 0.6) is 0 Å². The van der Waals surface area contributed by atoms with Crippen molar-refractivity contribution in [3.63, 3.8) is 0 Å². The van der Waals surface area contributed by atoms with E-state index >= 15 is 0 Å². The number of piperazine rings is 1. The van der Waals surface area contributed by atoms with Crippen molar-refractivity contribution in [2.75, 3.05) is 31.1 Å². The first kappa shape index (κ1) is 15.1. The molecule has 2 heterocycles. The van der Waals surface area contributed by atoms with Crippen LogP contribution in [0.3, 0.4) is 0 Å². The average molecular weight is 309 g/mol. The number of halogens is 1. The summed E-state index contributed by atoms with van der Waals surface area (Å²) in [7, 11) is 0. The molecule has 116 valence electrons. The molecule has 21 heavy (non-hydrogen) atoms. The molecule has 1 unspecified atom stereocenters. The lowest BCUT2D eigenvalue weighted by Gasteiger charge is -2.40. The van der Waals surface area contributed by atoms with E-state index in [-0.39, 0.29) is 0 Å². The van der Waals surface area contributed by atoms with Crippen LogP contribution in [0.4, 0.5) is 5.82 Å². The SMILES string of the molecule is CCN1CCN(c2cc(CNC3CC3)c(Cl)cn2)CC1C. The molecule has 2 fully saturated rings. The first-order valence-electron chi connectivity index (χ1n) is 8.04. The number of nitrogens with zero attached hydrogens (tertiary/aromatic N) is 3. The van der Waals surface area contributed by atoms with E-state index in [1.165, 1.54) is 18.4 Å². The van der Waals surface area contributed by atoms with E-state index in [0.29, 0.717) is 12.1 Å². The normalized spacial score (nSPS) is 23.6. The van der Waals surface area contributed by atoms with Gasteiger partial charge in [0.15, 0.2) is 0 Å². The first-order chi connectivity index (χ1) is 10.2. The zero-order valence-electron chi connectivity index (χ0n) is 13.0. The van der Waals surface area contributed by atoms with Crippen molar-refractivity contribution in [3.05, 3.63) is 22.8 Å². The first-order valence-corrected chi connectivity index (χ1v) is 8.42. The van der Waals surface area contributed by atoms with Crippen molar-refractivity contribution in [2.24, 2.45) is 0 Å². The molecule has 1 saturated heterocycles. The smallest absolute Gasteiger partial charge is 0.129 e. The number of rotatable bonds is 5. The van der Waals surface area contributed by atoms with Crippen LogP contribution in [0.1, 0.15) is 32.3 Å². The van der Waals surface area contributed by atoms with Gasteiger partial charge >= 0.3 is 0 Å². The van der Waals surface area contributed by atoms with Crippen LogP contribution in [0, 0.1) is 0 Å². The summed E-state index contributed by atoms with van der Waals surface area (Å²) >= 11 is 6.28. The van der Waals surface area contributed by atoms with Crippen LogP contribution in [0.15, 0.2) is 12.3 Å². The highest BCUT2D eigenvalue weighted by atomic mass is 35.5. The van der Waals surface area contributed by atoms with Crippen LogP contribution in [0.25, 0.3) is 0 Å². The molecule has 5 heteroatoms. The van der Waals surface area contributed by atoms with Crippen molar-refractivity contribution in [1.29, 1.82) is 0 Å². The average Bonchev–Trinajstić information content (AvgIpc) is 3.30. The van der Waals surface area contributed by atoms with Gasteiger partial charge in [0.25, 0.3) is 0 Å². The Balaban J connectivity index is 1.68. The lowest BCUT2D eigenvalue weighted by Crippen LogP contribution is -2.52. The highest BCUT2D eigenvalue weighted by molar-refractivity contribution is 6.31. The molecule has 1 aromatic rings. The van der Waals surface area contributed by atoms with Gasteiger partial charge < -0.3 is 10.2 Å². The van der Waals surface area contributed by atoms with Crippen molar-refractivity contribution in [2.45, 2.75) is 45.3 Å². The van der Waals surface area contributed by atoms with E-state index in [1.807, 2.05) is 0 Å². The molecule has 4 nitrogen and oxygen atoms in total. The van der Waals surface area contributed by atoms with Gasteiger partial charge in [0.05, 0.1) is 5.02 Å². The lowest BCUT2D eigenvalue weighted by atomic mass is 10.1. The van der Waals surface area contributed by atoms with E-state index in [0.717, 1.165) is 43.6 Å². The molecule has 0 spiro atoms. The predicted octanol–water partition coefficient (Wildman–Crippen LogP) is 2.52. The molecule has 0 bridgehead atoms. The van der Waals surface area contributed by atoms with Crippen molar-refractivity contribution < 1.29 is 0 Å². The van der Waals surface area contributed by atoms with Gasteiger partial charge in [-0.25, -0.2) is 4.98 Å². The van der Waals surface area contributed by atoms with E-state index in [4.69, 9.17) is 11.6 Å². The van der Waals surface area contributed by atoms with Gasteiger partial charge in [-0.1, -0.05) is 18.5 Å². The molecule has 3 rings (SSSR count). The Morgan fingerprint density at radius 3 is 2.86 bits per heavy atom. The monoisotopic (exact) mass is 308 g/mol. The second-order valence-corrected chi connectivity index (χ2v) is 6.62. The summed E-state index contributed by atoms with van der Waals surface area (Å²) in [6.07, 6.45) is 4.40. The predicted molar refractivity (Wildman–Crippen MR) is 88.0 cm³/mol. The number of aromatic nitrogens is 1. The molecular weight excluding hydrogens is 284 g/mol. The molecule has 1 aliphatic carbocycles. The molecule has 1 atom stereocenters. The maximum Gasteiger partial charge on any atom is 0.129 e. The minimum atomic E-state index is 0.578. The second kappa shape index (κ2) is 6.51. The minimum absolute atomic E-state index is 0.578. The number of pyridine rings is 1. The molecule has 1 aliphatic heterocycles. The van der Waals surface area contributed by atoms with Gasteiger partial charge in [0.2, 0.25) is 0 Å². The zero-order chi connectivity index (χ0) is 14.8. The van der Waals surface area contributed by atoms with Crippen LogP contribution in [-0.4, -0.2) is 48.1 Å². The Bertz CT molecular complexity index is 489. The standard InChI is InChI=1S/C16H25ClN4/c1-3-20-6-7-21(11-12(20)2)16-8-13(15(17)10-19-16)9-18-14-4-5-14/h8,10,12,14,18H,3-7,9,11H2,1-2H3. The third-order valence-corrected chi connectivity index (χ3v) is 4.91. The molecule has 0 amide bonds. The summed E-state index contributed by atoms with van der Waals surface area (Å²) in [6, 6.07) is 3.44. The number of likely N-dealkylation sites (N-methyl/N-ethyl adjacent to an activating group) is 1. The Labute approximate surface area is 132 Å². The summed E-state index contributed by atoms with van der Waals surface area (Å²) in [6.45, 7) is 9.69. The topological polar surface area (TPSA) is 31.4 Å². The van der Waals surface area contributed by atoms with Gasteiger partial charge in [0.1, 0.15) is 5.82 Å². The summed E-state index contributed by atoms with van der Waals surface area (Å²) in [5.74, 6) is 1.06. The lowest BCUT2D eigenvalue weighted by molar-refractivity contribution is 0.199. The zero-order valence-corrected chi connectivity index (χ0v) is 13.7. The van der Waals surface area contributed by atoms with Crippen molar-refractivity contribution >= 4 is 17.4 Å². The van der Waals surface area contributed by atoms with Gasteiger partial charge in [-0.05, 0) is 37.9 Å². The molecule has 2 aliphatic rings. The quantitative estimate of drug-likeness (QED) is 0.906. The Morgan fingerprint density at radius 1 is 1.38 bits per heavy atom. The Morgan fingerprint density at radius 2 is 2.19 bits per heavy atom. The maximum absolute atomic E-state index is 6.28. The van der Waals surface area contributed by atoms with Gasteiger partial charge in [0, 0.05) is 44.5 Å². The molecule has 1 saturated carbocycles. The fraction of sp³-hybridized carbons (Fsp3) is 0.688. The van der Waals surface area contributed by atoms with Crippen molar-refractivity contribution in [1.82, 2.24) is 15.2 Å². The van der Waals surface area contributed by atoms with Crippen LogP contribution in [0.2, 0.25) is 5.02 Å². The summed E-state index contributed by atoms with van der Waals surface area (Å²) < 4.78 is 0. The number of nitrogens with one attached hydrogen (secondary N) is 1. The van der Waals surface area contributed by atoms with E-state index in [2.05, 4.69) is 40.0 Å². The number of anilines is 1. The fourth-order valence-electron chi connectivity index (χ4n) is 2.99. The summed E-state index contributed by atoms with van der Waals surface area (Å²) in [5, 5.41) is 4.30. The Kier molecular flexibility index (Phi) is 4.67. The third kappa shape index (κ3) is 3.68. The largest absolute Gasteiger partial charge is 0.354 e. The fourth-order valence-corrected chi connectivity index (χ4v) is 3.16. The summed E-state index contributed by atoms with van der Waals surface area (Å²) in [5.41, 5.74) is 1.17. The minimum Gasteiger partial charge on any atom is -0.354 e. The van der Waals surface area contributed by atoms with E-state index < -0.39 is 0 Å². The molecular formula is C16H25ClN4. The second-order valence-electron chi connectivity index (χ2n) is 6.21. The van der Waals surface area contributed by atoms with Gasteiger partial charge in [-0.15, -0.1) is 0 Å². The highest BCUT2D eigenvalue weighted by Gasteiger charge is 2.24. The van der Waals surface area contributed by atoms with Crippen molar-refractivity contribution in [3.8, 4) is 0 Å². The van der Waals surface area contributed by atoms with Crippen LogP contribution in [-0.2, 0) is 6.54 Å². The molecule has 1 N–H and O–H groups in total. The maximum atomic E-state index is 6.28.